The Kier molecular flexibility index (Phi) is 3.88. The molecule has 0 bridgehead atoms. The van der Waals surface area contributed by atoms with Crippen LogP contribution in [-0.2, 0) is 10.8 Å². The standard InChI is InChI=1S/C10H14O.C10H12/c1-10(2,3)8-6-4-5-7-9(8)11;1-10(2,3)9-6-7-4-5-8(7)9/h4-7,11H,1-3H3;4-6H,1-3H3. The molecule has 1 N–H and O–H groups in total. The number of benzene rings is 2. The van der Waals surface area contributed by atoms with Crippen LogP contribution in [0.5, 0.6) is 5.75 Å². The fourth-order valence-corrected chi connectivity index (χ4v) is 2.52. The number of hydrogen-bond donors (Lipinski definition) is 1. The molecule has 1 heteroatoms. The molecule has 0 saturated carbocycles. The molecular formula is C20H26O. The van der Waals surface area contributed by atoms with Crippen LogP contribution in [0.2, 0.25) is 0 Å². The molecule has 0 atom stereocenters. The van der Waals surface area contributed by atoms with Crippen LogP contribution in [-0.4, -0.2) is 5.11 Å². The smallest absolute Gasteiger partial charge is 0.119 e. The third kappa shape index (κ3) is 3.29. The second-order valence-corrected chi connectivity index (χ2v) is 7.78. The zero-order chi connectivity index (χ0) is 15.8. The van der Waals surface area contributed by atoms with Crippen molar-refractivity contribution in [2.45, 2.75) is 52.4 Å². The van der Waals surface area contributed by atoms with Crippen LogP contribution < -0.4 is 0 Å². The fraction of sp³-hybridized carbons (Fsp3) is 0.400. The highest BCUT2D eigenvalue weighted by Crippen LogP contribution is 2.43. The molecule has 0 aliphatic heterocycles. The van der Waals surface area contributed by atoms with Crippen LogP contribution in [0.25, 0.3) is 11.1 Å². The molecule has 0 unspecified atom stereocenters. The first-order valence-corrected chi connectivity index (χ1v) is 7.54. The summed E-state index contributed by atoms with van der Waals surface area (Å²) in [6.07, 6.45) is 0. The number of rotatable bonds is 0. The van der Waals surface area contributed by atoms with E-state index in [1.165, 1.54) is 16.7 Å². The van der Waals surface area contributed by atoms with Crippen LogP contribution in [0, 0.1) is 0 Å². The third-order valence-electron chi connectivity index (χ3n) is 3.85. The molecule has 1 aromatic rings. The van der Waals surface area contributed by atoms with E-state index in [1.54, 1.807) is 6.07 Å². The maximum absolute atomic E-state index is 9.45. The highest BCUT2D eigenvalue weighted by atomic mass is 16.3. The van der Waals surface area contributed by atoms with Gasteiger partial charge in [0, 0.05) is 0 Å². The molecule has 0 amide bonds. The fourth-order valence-electron chi connectivity index (χ4n) is 2.52. The second-order valence-electron chi connectivity index (χ2n) is 7.78. The van der Waals surface area contributed by atoms with Gasteiger partial charge in [0.1, 0.15) is 5.75 Å². The van der Waals surface area contributed by atoms with E-state index in [0.29, 0.717) is 11.2 Å². The van der Waals surface area contributed by atoms with Gasteiger partial charge in [-0.25, -0.2) is 0 Å². The van der Waals surface area contributed by atoms with Gasteiger partial charge in [-0.1, -0.05) is 71.9 Å². The highest BCUT2D eigenvalue weighted by molar-refractivity contribution is 5.82. The van der Waals surface area contributed by atoms with E-state index < -0.39 is 0 Å². The largest absolute Gasteiger partial charge is 0.508 e. The van der Waals surface area contributed by atoms with E-state index in [-0.39, 0.29) is 5.41 Å². The number of phenols is 1. The maximum atomic E-state index is 9.45. The molecule has 0 heterocycles. The molecule has 0 fully saturated rings. The summed E-state index contributed by atoms with van der Waals surface area (Å²) in [4.78, 5) is 0. The van der Waals surface area contributed by atoms with Crippen molar-refractivity contribution >= 4 is 0 Å². The number of aromatic hydroxyl groups is 1. The summed E-state index contributed by atoms with van der Waals surface area (Å²) in [6, 6.07) is 14.1. The Hall–Kier alpha value is -1.76. The van der Waals surface area contributed by atoms with Gasteiger partial charge < -0.3 is 5.11 Å². The van der Waals surface area contributed by atoms with E-state index in [2.05, 4.69) is 59.7 Å². The molecule has 1 nitrogen and oxygen atoms in total. The number of para-hydroxylation sites is 1. The predicted octanol–water partition coefficient (Wildman–Crippen LogP) is 5.65. The lowest BCUT2D eigenvalue weighted by molar-refractivity contribution is 0.447. The van der Waals surface area contributed by atoms with Crippen LogP contribution in [0.4, 0.5) is 0 Å². The molecule has 3 rings (SSSR count). The molecule has 0 radical (unpaired) electrons. The van der Waals surface area contributed by atoms with E-state index in [0.717, 1.165) is 5.56 Å². The normalized spacial score (nSPS) is 12.5. The van der Waals surface area contributed by atoms with Gasteiger partial charge in [0.15, 0.2) is 0 Å². The van der Waals surface area contributed by atoms with Gasteiger partial charge in [-0.05, 0) is 45.2 Å². The first-order chi connectivity index (χ1) is 9.60. The Morgan fingerprint density at radius 2 is 1.29 bits per heavy atom. The average molecular weight is 282 g/mol. The molecule has 1 aromatic carbocycles. The first kappa shape index (κ1) is 15.6. The highest BCUT2D eigenvalue weighted by Gasteiger charge is 2.25. The van der Waals surface area contributed by atoms with Gasteiger partial charge in [-0.3, -0.25) is 0 Å². The number of hydrogen-bond acceptors (Lipinski definition) is 1. The maximum Gasteiger partial charge on any atom is 0.119 e. The van der Waals surface area contributed by atoms with Gasteiger partial charge in [-0.15, -0.1) is 0 Å². The first-order valence-electron chi connectivity index (χ1n) is 7.54. The lowest BCUT2D eigenvalue weighted by Gasteiger charge is -2.30. The molecular weight excluding hydrogens is 256 g/mol. The number of fused-ring (bicyclic) bond motifs is 1. The van der Waals surface area contributed by atoms with E-state index in [4.69, 9.17) is 0 Å². The quantitative estimate of drug-likeness (QED) is 0.564. The number of phenolic OH excluding ortho intramolecular Hbond substituents is 1. The summed E-state index contributed by atoms with van der Waals surface area (Å²) in [5.74, 6) is 0.389. The summed E-state index contributed by atoms with van der Waals surface area (Å²) >= 11 is 0. The van der Waals surface area contributed by atoms with E-state index in [9.17, 15) is 5.11 Å². The SMILES string of the molecule is CC(C)(C)c1cc2ccc1-2.CC(C)(C)c1ccccc1O. The van der Waals surface area contributed by atoms with Gasteiger partial charge in [0.05, 0.1) is 0 Å². The van der Waals surface area contributed by atoms with Gasteiger partial charge in [0.25, 0.3) is 0 Å². The van der Waals surface area contributed by atoms with Crippen LogP contribution >= 0.6 is 0 Å². The van der Waals surface area contributed by atoms with E-state index in [1.807, 2.05) is 18.2 Å². The Morgan fingerprint density at radius 3 is 1.52 bits per heavy atom. The Morgan fingerprint density at radius 1 is 0.714 bits per heavy atom. The lowest BCUT2D eigenvalue weighted by atomic mass is 9.74. The van der Waals surface area contributed by atoms with Crippen molar-refractivity contribution in [3.05, 3.63) is 53.6 Å². The van der Waals surface area contributed by atoms with Crippen molar-refractivity contribution in [1.82, 2.24) is 0 Å². The minimum absolute atomic E-state index is 0.0331. The Bertz CT molecular complexity index is 640. The predicted molar refractivity (Wildman–Crippen MR) is 90.9 cm³/mol. The zero-order valence-corrected chi connectivity index (χ0v) is 14.0. The molecule has 0 saturated heterocycles. The van der Waals surface area contributed by atoms with Gasteiger partial charge in [-0.2, -0.15) is 0 Å². The summed E-state index contributed by atoms with van der Waals surface area (Å²) in [7, 11) is 0. The van der Waals surface area contributed by atoms with Crippen LogP contribution in [0.15, 0.2) is 42.5 Å². The minimum Gasteiger partial charge on any atom is -0.508 e. The van der Waals surface area contributed by atoms with E-state index >= 15 is 0 Å². The topological polar surface area (TPSA) is 20.2 Å². The van der Waals surface area contributed by atoms with Gasteiger partial charge in [0.2, 0.25) is 0 Å². The van der Waals surface area contributed by atoms with Crippen molar-refractivity contribution in [3.63, 3.8) is 0 Å². The lowest BCUT2D eigenvalue weighted by Crippen LogP contribution is -2.17. The Balaban J connectivity index is 0.000000154. The summed E-state index contributed by atoms with van der Waals surface area (Å²) in [6.45, 7) is 13.0. The average Bonchev–Trinajstić information content (AvgIpc) is 2.31. The van der Waals surface area contributed by atoms with Crippen molar-refractivity contribution < 1.29 is 5.11 Å². The van der Waals surface area contributed by atoms with Crippen molar-refractivity contribution in [3.8, 4) is 16.9 Å². The monoisotopic (exact) mass is 282 g/mol. The minimum atomic E-state index is 0.0331. The van der Waals surface area contributed by atoms with Crippen LogP contribution in [0.1, 0.15) is 52.7 Å². The van der Waals surface area contributed by atoms with Crippen LogP contribution in [0.3, 0.4) is 0 Å². The molecule has 112 valence electrons. The molecule has 21 heavy (non-hydrogen) atoms. The molecule has 2 aliphatic rings. The molecule has 0 spiro atoms. The van der Waals surface area contributed by atoms with Crippen molar-refractivity contribution in [1.29, 1.82) is 0 Å². The molecule has 2 aliphatic carbocycles. The second kappa shape index (κ2) is 5.22. The summed E-state index contributed by atoms with van der Waals surface area (Å²) < 4.78 is 0. The Labute approximate surface area is 128 Å². The van der Waals surface area contributed by atoms with Crippen molar-refractivity contribution in [2.75, 3.05) is 0 Å². The third-order valence-corrected chi connectivity index (χ3v) is 3.85. The van der Waals surface area contributed by atoms with Gasteiger partial charge >= 0.3 is 0 Å². The summed E-state index contributed by atoms with van der Waals surface area (Å²) in [5, 5.41) is 9.45. The zero-order valence-electron chi connectivity index (χ0n) is 14.0. The van der Waals surface area contributed by atoms with Crippen molar-refractivity contribution in [2.24, 2.45) is 0 Å². The summed E-state index contributed by atoms with van der Waals surface area (Å²) in [5.41, 5.74) is 5.84. The molecule has 0 aromatic heterocycles.